The fourth-order valence-electron chi connectivity index (χ4n) is 8.98. The van der Waals surface area contributed by atoms with Gasteiger partial charge in [0.15, 0.2) is 0 Å². The van der Waals surface area contributed by atoms with Crippen LogP contribution < -0.4 is 4.90 Å². The minimum atomic E-state index is 0.941. The molecule has 0 spiro atoms. The van der Waals surface area contributed by atoms with Crippen molar-refractivity contribution < 1.29 is 0 Å². The van der Waals surface area contributed by atoms with Crippen molar-refractivity contribution in [3.8, 4) is 33.4 Å². The number of benzene rings is 10. The van der Waals surface area contributed by atoms with Crippen molar-refractivity contribution in [2.24, 2.45) is 0 Å². The first kappa shape index (κ1) is 30.6. The molecule has 1 aliphatic rings. The van der Waals surface area contributed by atoms with Crippen molar-refractivity contribution in [3.05, 3.63) is 211 Å². The molecule has 0 atom stereocenters. The molecule has 0 fully saturated rings. The smallest absolute Gasteiger partial charge is 0.0497 e. The van der Waals surface area contributed by atoms with Gasteiger partial charge >= 0.3 is 0 Å². The lowest BCUT2D eigenvalue weighted by molar-refractivity contribution is 1.09. The summed E-state index contributed by atoms with van der Waals surface area (Å²) in [5.74, 6) is 0. The largest absolute Gasteiger partial charge is 0.310 e. The molecule has 0 aromatic heterocycles. The summed E-state index contributed by atoms with van der Waals surface area (Å²) in [6.07, 6.45) is 0.941. The summed E-state index contributed by atoms with van der Waals surface area (Å²) >= 11 is 0. The average molecular weight is 686 g/mol. The third kappa shape index (κ3) is 4.79. The highest BCUT2D eigenvalue weighted by atomic mass is 15.2. The van der Waals surface area contributed by atoms with Gasteiger partial charge in [-0.2, -0.15) is 0 Å². The van der Waals surface area contributed by atoms with Crippen LogP contribution in [0.1, 0.15) is 11.1 Å². The Kier molecular flexibility index (Phi) is 7.00. The van der Waals surface area contributed by atoms with Crippen molar-refractivity contribution in [2.75, 3.05) is 4.90 Å². The molecule has 0 amide bonds. The second-order valence-corrected chi connectivity index (χ2v) is 14.4. The molecular formula is C53H35N. The molecule has 252 valence electrons. The molecule has 10 aromatic rings. The molecule has 10 aromatic carbocycles. The normalized spacial score (nSPS) is 12.3. The summed E-state index contributed by atoms with van der Waals surface area (Å²) in [5.41, 5.74) is 13.7. The molecule has 1 aliphatic heterocycles. The van der Waals surface area contributed by atoms with Crippen LogP contribution in [0, 0.1) is 0 Å². The Bertz CT molecular complexity index is 3020. The standard InChI is InChI=1S/C53H35N/c1-2-15-36(16-3-1)47-34-48(39-27-26-35-14-4-5-17-38(35)32-39)51(53-46-23-11-9-21-44(46)43-20-8-10-22-45(43)52(47)53)37-28-30-42(31-29-37)54-49-24-12-6-18-40(49)33-41-19-7-13-25-50(41)54/h1-32,34H,33H2. The molecule has 0 saturated heterocycles. The first-order valence-electron chi connectivity index (χ1n) is 18.8. The van der Waals surface area contributed by atoms with Crippen LogP contribution in [0.25, 0.3) is 76.5 Å². The number of hydrogen-bond donors (Lipinski definition) is 0. The van der Waals surface area contributed by atoms with Crippen molar-refractivity contribution in [3.63, 3.8) is 0 Å². The van der Waals surface area contributed by atoms with Crippen molar-refractivity contribution in [1.82, 2.24) is 0 Å². The lowest BCUT2D eigenvalue weighted by Crippen LogP contribution is -2.18. The fraction of sp³-hybridized carbons (Fsp3) is 0.0189. The second-order valence-electron chi connectivity index (χ2n) is 14.4. The van der Waals surface area contributed by atoms with Crippen molar-refractivity contribution in [2.45, 2.75) is 6.42 Å². The van der Waals surface area contributed by atoms with Crippen LogP contribution in [-0.4, -0.2) is 0 Å². The Hall–Kier alpha value is -6.96. The van der Waals surface area contributed by atoms with Crippen LogP contribution in [-0.2, 0) is 6.42 Å². The lowest BCUT2D eigenvalue weighted by atomic mass is 9.81. The van der Waals surface area contributed by atoms with Crippen LogP contribution >= 0.6 is 0 Å². The maximum atomic E-state index is 2.46. The van der Waals surface area contributed by atoms with Crippen LogP contribution in [0.3, 0.4) is 0 Å². The number of rotatable bonds is 4. The van der Waals surface area contributed by atoms with E-state index in [1.165, 1.54) is 99.0 Å². The number of anilines is 3. The molecule has 0 radical (unpaired) electrons. The summed E-state index contributed by atoms with van der Waals surface area (Å²) < 4.78 is 0. The summed E-state index contributed by atoms with van der Waals surface area (Å²) in [5, 5.41) is 10.2. The SMILES string of the molecule is c1ccc(-c2cc(-c3ccc4ccccc4c3)c(-c3ccc(N4c5ccccc5Cc5ccccc54)cc3)c3c4ccccc4c4ccccc4c23)cc1. The van der Waals surface area contributed by atoms with Gasteiger partial charge in [0.05, 0.1) is 0 Å². The zero-order chi connectivity index (χ0) is 35.6. The number of nitrogens with zero attached hydrogens (tertiary/aromatic N) is 1. The van der Waals surface area contributed by atoms with Crippen LogP contribution in [0.15, 0.2) is 200 Å². The van der Waals surface area contributed by atoms with Crippen molar-refractivity contribution >= 4 is 60.2 Å². The Balaban J connectivity index is 1.24. The van der Waals surface area contributed by atoms with E-state index in [9.17, 15) is 0 Å². The molecule has 1 nitrogen and oxygen atoms in total. The fourth-order valence-corrected chi connectivity index (χ4v) is 8.98. The predicted octanol–water partition coefficient (Wildman–Crippen LogP) is 14.7. The zero-order valence-electron chi connectivity index (χ0n) is 29.7. The summed E-state index contributed by atoms with van der Waals surface area (Å²) in [6.45, 7) is 0. The Morgan fingerprint density at radius 2 is 0.870 bits per heavy atom. The maximum Gasteiger partial charge on any atom is 0.0497 e. The van der Waals surface area contributed by atoms with Gasteiger partial charge in [0, 0.05) is 23.5 Å². The Morgan fingerprint density at radius 1 is 0.333 bits per heavy atom. The van der Waals surface area contributed by atoms with Gasteiger partial charge in [-0.3, -0.25) is 0 Å². The topological polar surface area (TPSA) is 3.24 Å². The monoisotopic (exact) mass is 685 g/mol. The minimum Gasteiger partial charge on any atom is -0.310 e. The van der Waals surface area contributed by atoms with Gasteiger partial charge in [-0.1, -0.05) is 164 Å². The van der Waals surface area contributed by atoms with E-state index in [1.807, 2.05) is 0 Å². The van der Waals surface area contributed by atoms with Gasteiger partial charge in [0.1, 0.15) is 0 Å². The summed E-state index contributed by atoms with van der Waals surface area (Å²) in [7, 11) is 0. The van der Waals surface area contributed by atoms with Gasteiger partial charge in [0.2, 0.25) is 0 Å². The molecule has 0 aliphatic carbocycles. The Labute approximate surface area is 315 Å². The molecule has 11 rings (SSSR count). The maximum absolute atomic E-state index is 2.46. The van der Waals surface area contributed by atoms with E-state index in [0.717, 1.165) is 12.1 Å². The molecule has 1 heterocycles. The van der Waals surface area contributed by atoms with Gasteiger partial charge in [-0.05, 0) is 124 Å². The van der Waals surface area contributed by atoms with Crippen LogP contribution in [0.5, 0.6) is 0 Å². The van der Waals surface area contributed by atoms with E-state index in [0.29, 0.717) is 0 Å². The molecule has 0 unspecified atom stereocenters. The molecule has 1 heteroatoms. The van der Waals surface area contributed by atoms with E-state index in [4.69, 9.17) is 0 Å². The average Bonchev–Trinajstić information content (AvgIpc) is 3.25. The van der Waals surface area contributed by atoms with E-state index < -0.39 is 0 Å². The first-order valence-corrected chi connectivity index (χ1v) is 18.8. The number of para-hydroxylation sites is 2. The minimum absolute atomic E-state index is 0.941. The van der Waals surface area contributed by atoms with Gasteiger partial charge < -0.3 is 4.90 Å². The molecule has 0 N–H and O–H groups in total. The van der Waals surface area contributed by atoms with E-state index in [1.54, 1.807) is 0 Å². The highest BCUT2D eigenvalue weighted by molar-refractivity contribution is 6.33. The third-order valence-electron chi connectivity index (χ3n) is 11.4. The molecule has 54 heavy (non-hydrogen) atoms. The van der Waals surface area contributed by atoms with Gasteiger partial charge in [-0.25, -0.2) is 0 Å². The van der Waals surface area contributed by atoms with E-state index in [2.05, 4.69) is 205 Å². The highest BCUT2D eigenvalue weighted by Gasteiger charge is 2.25. The number of fused-ring (bicyclic) bond motifs is 9. The summed E-state index contributed by atoms with van der Waals surface area (Å²) in [6, 6.07) is 73.9. The van der Waals surface area contributed by atoms with Gasteiger partial charge in [0.25, 0.3) is 0 Å². The molecule has 0 saturated carbocycles. The van der Waals surface area contributed by atoms with Crippen LogP contribution in [0.2, 0.25) is 0 Å². The number of hydrogen-bond acceptors (Lipinski definition) is 1. The molecule has 0 bridgehead atoms. The first-order chi connectivity index (χ1) is 26.8. The van der Waals surface area contributed by atoms with Crippen LogP contribution in [0.4, 0.5) is 17.1 Å². The molecular weight excluding hydrogens is 651 g/mol. The summed E-state index contributed by atoms with van der Waals surface area (Å²) in [4.78, 5) is 2.43. The second kappa shape index (κ2) is 12.3. The van der Waals surface area contributed by atoms with E-state index in [-0.39, 0.29) is 0 Å². The Morgan fingerprint density at radius 3 is 1.56 bits per heavy atom. The van der Waals surface area contributed by atoms with Crippen molar-refractivity contribution in [1.29, 1.82) is 0 Å². The lowest BCUT2D eigenvalue weighted by Gasteiger charge is -2.33. The highest BCUT2D eigenvalue weighted by Crippen LogP contribution is 2.50. The van der Waals surface area contributed by atoms with Gasteiger partial charge in [-0.15, -0.1) is 0 Å². The quantitative estimate of drug-likeness (QED) is 0.167. The zero-order valence-corrected chi connectivity index (χ0v) is 29.7. The predicted molar refractivity (Wildman–Crippen MR) is 230 cm³/mol. The third-order valence-corrected chi connectivity index (χ3v) is 11.4. The van der Waals surface area contributed by atoms with E-state index >= 15 is 0 Å².